The highest BCUT2D eigenvalue weighted by Gasteiger charge is 2.19. The van der Waals surface area contributed by atoms with Crippen molar-refractivity contribution in [1.82, 2.24) is 5.32 Å². The third-order valence-corrected chi connectivity index (χ3v) is 2.62. The Morgan fingerprint density at radius 3 is 2.53 bits per heavy atom. The summed E-state index contributed by atoms with van der Waals surface area (Å²) >= 11 is 5.87. The van der Waals surface area contributed by atoms with E-state index in [0.717, 1.165) is 5.56 Å². The van der Waals surface area contributed by atoms with Crippen molar-refractivity contribution in [2.75, 3.05) is 0 Å². The van der Waals surface area contributed by atoms with Crippen molar-refractivity contribution in [3.8, 4) is 0 Å². The average molecular weight is 306 g/mol. The van der Waals surface area contributed by atoms with Crippen LogP contribution >= 0.6 is 24.0 Å². The molecule has 0 saturated heterocycles. The van der Waals surface area contributed by atoms with Gasteiger partial charge in [-0.1, -0.05) is 23.7 Å². The van der Waals surface area contributed by atoms with Gasteiger partial charge < -0.3 is 16.8 Å². The number of nitrogens with two attached hydrogens (primary N) is 2. The first-order chi connectivity index (χ1) is 8.40. The molecule has 2 atom stereocenters. The average Bonchev–Trinajstić information content (AvgIpc) is 2.27. The van der Waals surface area contributed by atoms with E-state index in [0.29, 0.717) is 5.02 Å². The molecule has 7 heteroatoms. The number of hydrogen-bond donors (Lipinski definition) is 3. The largest absolute Gasteiger partial charge is 0.370 e. The summed E-state index contributed by atoms with van der Waals surface area (Å²) in [5.74, 6) is -0.855. The predicted octanol–water partition coefficient (Wildman–Crippen LogP) is 1.14. The Labute approximate surface area is 123 Å². The Kier molecular flexibility index (Phi) is 7.44. The fourth-order valence-corrected chi connectivity index (χ4v) is 1.68. The van der Waals surface area contributed by atoms with E-state index in [1.54, 1.807) is 31.2 Å². The van der Waals surface area contributed by atoms with Gasteiger partial charge in [0.15, 0.2) is 0 Å². The zero-order valence-electron chi connectivity index (χ0n) is 10.4. The fraction of sp³-hybridized carbons (Fsp3) is 0.333. The zero-order valence-corrected chi connectivity index (χ0v) is 12.0. The molecule has 106 valence electrons. The Hall–Kier alpha value is -1.30. The molecular formula is C12H17Cl2N3O2. The lowest BCUT2D eigenvalue weighted by molar-refractivity contribution is -0.123. The molecule has 0 fully saturated rings. The van der Waals surface area contributed by atoms with Gasteiger partial charge in [0.25, 0.3) is 0 Å². The van der Waals surface area contributed by atoms with Crippen LogP contribution < -0.4 is 16.8 Å². The summed E-state index contributed by atoms with van der Waals surface area (Å²) in [6.07, 6.45) is -0.00119. The minimum Gasteiger partial charge on any atom is -0.370 e. The van der Waals surface area contributed by atoms with Crippen LogP contribution in [0.3, 0.4) is 0 Å². The summed E-state index contributed by atoms with van der Waals surface area (Å²) in [7, 11) is 0. The molecular weight excluding hydrogens is 289 g/mol. The highest BCUT2D eigenvalue weighted by Crippen LogP contribution is 2.20. The van der Waals surface area contributed by atoms with Gasteiger partial charge in [0.2, 0.25) is 11.8 Å². The second kappa shape index (κ2) is 7.99. The summed E-state index contributed by atoms with van der Waals surface area (Å²) in [4.78, 5) is 22.6. The van der Waals surface area contributed by atoms with Gasteiger partial charge in [0.1, 0.15) is 0 Å². The lowest BCUT2D eigenvalue weighted by Gasteiger charge is -2.19. The predicted molar refractivity (Wildman–Crippen MR) is 77.0 cm³/mol. The summed E-state index contributed by atoms with van der Waals surface area (Å²) < 4.78 is 0. The van der Waals surface area contributed by atoms with Gasteiger partial charge in [-0.3, -0.25) is 9.59 Å². The lowest BCUT2D eigenvalue weighted by Crippen LogP contribution is -2.41. The SMILES string of the molecule is C[C@H](N)C(=O)N[C@H](CC(N)=O)c1cccc(Cl)c1.Cl. The van der Waals surface area contributed by atoms with Crippen molar-refractivity contribution in [2.24, 2.45) is 11.5 Å². The lowest BCUT2D eigenvalue weighted by atomic mass is 10.0. The molecule has 0 spiro atoms. The van der Waals surface area contributed by atoms with Crippen LogP contribution in [0.15, 0.2) is 24.3 Å². The Morgan fingerprint density at radius 1 is 1.42 bits per heavy atom. The first-order valence-electron chi connectivity index (χ1n) is 5.50. The molecule has 0 radical (unpaired) electrons. The number of halogens is 2. The van der Waals surface area contributed by atoms with Crippen molar-refractivity contribution in [3.63, 3.8) is 0 Å². The number of carbonyl (C=O) groups excluding carboxylic acids is 2. The second-order valence-corrected chi connectivity index (χ2v) is 4.51. The number of rotatable bonds is 5. The van der Waals surface area contributed by atoms with E-state index in [1.807, 2.05) is 0 Å². The molecule has 0 saturated carbocycles. The zero-order chi connectivity index (χ0) is 13.7. The molecule has 0 aliphatic heterocycles. The van der Waals surface area contributed by atoms with Crippen LogP contribution in [0.5, 0.6) is 0 Å². The second-order valence-electron chi connectivity index (χ2n) is 4.08. The molecule has 0 unspecified atom stereocenters. The van der Waals surface area contributed by atoms with Gasteiger partial charge in [-0.15, -0.1) is 12.4 Å². The Bertz CT molecular complexity index is 452. The maximum absolute atomic E-state index is 11.6. The smallest absolute Gasteiger partial charge is 0.237 e. The number of amides is 2. The summed E-state index contributed by atoms with van der Waals surface area (Å²) in [6, 6.07) is 5.72. The molecule has 0 heterocycles. The molecule has 19 heavy (non-hydrogen) atoms. The van der Waals surface area contributed by atoms with Crippen LogP contribution in [0.25, 0.3) is 0 Å². The molecule has 0 aliphatic carbocycles. The monoisotopic (exact) mass is 305 g/mol. The molecule has 1 aromatic rings. The van der Waals surface area contributed by atoms with Crippen molar-refractivity contribution in [3.05, 3.63) is 34.9 Å². The third-order valence-electron chi connectivity index (χ3n) is 2.39. The van der Waals surface area contributed by atoms with Crippen molar-refractivity contribution >= 4 is 35.8 Å². The maximum atomic E-state index is 11.6. The molecule has 2 amide bonds. The summed E-state index contributed by atoms with van der Waals surface area (Å²) in [5.41, 5.74) is 11.4. The van der Waals surface area contributed by atoms with Crippen LogP contribution in [0.2, 0.25) is 5.02 Å². The standard InChI is InChI=1S/C12H16ClN3O2.ClH/c1-7(14)12(18)16-10(6-11(15)17)8-3-2-4-9(13)5-8;/h2-5,7,10H,6,14H2,1H3,(H2,15,17)(H,16,18);1H/t7-,10+;/m0./s1. The molecule has 1 rings (SSSR count). The van der Waals surface area contributed by atoms with Crippen molar-refractivity contribution in [2.45, 2.75) is 25.4 Å². The van der Waals surface area contributed by atoms with Crippen molar-refractivity contribution in [1.29, 1.82) is 0 Å². The molecule has 0 bridgehead atoms. The van der Waals surface area contributed by atoms with E-state index in [-0.39, 0.29) is 24.7 Å². The van der Waals surface area contributed by atoms with E-state index < -0.39 is 18.0 Å². The number of carbonyl (C=O) groups is 2. The molecule has 5 nitrogen and oxygen atoms in total. The van der Waals surface area contributed by atoms with Crippen LogP contribution in [-0.2, 0) is 9.59 Å². The van der Waals surface area contributed by atoms with Gasteiger partial charge in [-0.25, -0.2) is 0 Å². The van der Waals surface area contributed by atoms with Gasteiger partial charge in [0.05, 0.1) is 18.5 Å². The van der Waals surface area contributed by atoms with Crippen LogP contribution in [-0.4, -0.2) is 17.9 Å². The molecule has 0 aliphatic rings. The van der Waals surface area contributed by atoms with Gasteiger partial charge in [0, 0.05) is 5.02 Å². The molecule has 1 aromatic carbocycles. The highest BCUT2D eigenvalue weighted by atomic mass is 35.5. The van der Waals surface area contributed by atoms with E-state index in [9.17, 15) is 9.59 Å². The Morgan fingerprint density at radius 2 is 2.05 bits per heavy atom. The normalized spacial score (nSPS) is 13.0. The highest BCUT2D eigenvalue weighted by molar-refractivity contribution is 6.30. The third kappa shape index (κ3) is 5.92. The Balaban J connectivity index is 0.00000324. The molecule has 5 N–H and O–H groups in total. The van der Waals surface area contributed by atoms with Gasteiger partial charge in [-0.05, 0) is 24.6 Å². The van der Waals surface area contributed by atoms with Crippen molar-refractivity contribution < 1.29 is 9.59 Å². The quantitative estimate of drug-likeness (QED) is 0.761. The summed E-state index contributed by atoms with van der Waals surface area (Å²) in [5, 5.41) is 3.19. The van der Waals surface area contributed by atoms with E-state index >= 15 is 0 Å². The fourth-order valence-electron chi connectivity index (χ4n) is 1.48. The van der Waals surface area contributed by atoms with E-state index in [2.05, 4.69) is 5.32 Å². The van der Waals surface area contributed by atoms with Crippen LogP contribution in [0.1, 0.15) is 24.9 Å². The summed E-state index contributed by atoms with van der Waals surface area (Å²) in [6.45, 7) is 1.56. The van der Waals surface area contributed by atoms with E-state index in [4.69, 9.17) is 23.1 Å². The van der Waals surface area contributed by atoms with Gasteiger partial charge in [-0.2, -0.15) is 0 Å². The minimum absolute atomic E-state index is 0. The van der Waals surface area contributed by atoms with Crippen LogP contribution in [0.4, 0.5) is 0 Å². The number of hydrogen-bond acceptors (Lipinski definition) is 3. The first kappa shape index (κ1) is 17.7. The number of primary amides is 1. The molecule has 0 aromatic heterocycles. The number of nitrogens with one attached hydrogen (secondary N) is 1. The number of benzene rings is 1. The van der Waals surface area contributed by atoms with Gasteiger partial charge >= 0.3 is 0 Å². The minimum atomic E-state index is -0.653. The topological polar surface area (TPSA) is 98.2 Å². The van der Waals surface area contributed by atoms with Crippen LogP contribution in [0, 0.1) is 0 Å². The first-order valence-corrected chi connectivity index (χ1v) is 5.87. The van der Waals surface area contributed by atoms with E-state index in [1.165, 1.54) is 0 Å². The maximum Gasteiger partial charge on any atom is 0.237 e.